The molecule has 0 bridgehead atoms. The molecule has 8 nitrogen and oxygen atoms in total. The fourth-order valence-electron chi connectivity index (χ4n) is 3.42. The predicted molar refractivity (Wildman–Crippen MR) is 104 cm³/mol. The van der Waals surface area contributed by atoms with Gasteiger partial charge in [-0.2, -0.15) is 5.10 Å². The van der Waals surface area contributed by atoms with E-state index in [9.17, 15) is 4.79 Å². The van der Waals surface area contributed by atoms with E-state index in [1.54, 1.807) is 10.9 Å². The Morgan fingerprint density at radius 1 is 1.33 bits per heavy atom. The number of anilines is 1. The van der Waals surface area contributed by atoms with Gasteiger partial charge in [-0.15, -0.1) is 0 Å². The summed E-state index contributed by atoms with van der Waals surface area (Å²) in [6.07, 6.45) is 2.62. The highest BCUT2D eigenvalue weighted by atomic mass is 16.5. The quantitative estimate of drug-likeness (QED) is 0.809. The summed E-state index contributed by atoms with van der Waals surface area (Å²) in [6, 6.07) is 5.65. The van der Waals surface area contributed by atoms with E-state index < -0.39 is 0 Å². The number of ether oxygens (including phenoxy) is 1. The van der Waals surface area contributed by atoms with Crippen LogP contribution in [0, 0.1) is 6.92 Å². The average Bonchev–Trinajstić information content (AvgIpc) is 2.97. The first kappa shape index (κ1) is 19.3. The third-order valence-electron chi connectivity index (χ3n) is 4.92. The second kappa shape index (κ2) is 8.96. The Morgan fingerprint density at radius 2 is 2.11 bits per heavy atom. The highest BCUT2D eigenvalue weighted by Gasteiger charge is 2.24. The van der Waals surface area contributed by atoms with E-state index >= 15 is 0 Å². The smallest absolute Gasteiger partial charge is 0.320 e. The van der Waals surface area contributed by atoms with Gasteiger partial charge in [-0.05, 0) is 25.5 Å². The lowest BCUT2D eigenvalue weighted by Crippen LogP contribution is -2.44. The van der Waals surface area contributed by atoms with E-state index in [1.807, 2.05) is 32.2 Å². The topological polar surface area (TPSA) is 84.3 Å². The van der Waals surface area contributed by atoms with E-state index in [2.05, 4.69) is 32.5 Å². The Bertz CT molecular complexity index is 755. The highest BCUT2D eigenvalue weighted by Crippen LogP contribution is 2.20. The van der Waals surface area contributed by atoms with E-state index in [0.29, 0.717) is 19.8 Å². The maximum Gasteiger partial charge on any atom is 0.320 e. The molecule has 0 spiro atoms. The number of hydrogen-bond donors (Lipinski definition) is 2. The maximum absolute atomic E-state index is 12.5. The van der Waals surface area contributed by atoms with Crippen LogP contribution < -0.4 is 10.6 Å². The van der Waals surface area contributed by atoms with Gasteiger partial charge in [-0.3, -0.25) is 19.9 Å². The molecule has 8 heteroatoms. The van der Waals surface area contributed by atoms with Crippen LogP contribution in [0.4, 0.5) is 10.6 Å². The van der Waals surface area contributed by atoms with Crippen molar-refractivity contribution in [2.75, 3.05) is 38.2 Å². The number of pyridine rings is 1. The number of morpholine rings is 1. The first-order chi connectivity index (χ1) is 13.1. The van der Waals surface area contributed by atoms with Crippen molar-refractivity contribution in [2.24, 2.45) is 7.05 Å². The number of nitrogens with zero attached hydrogens (tertiary/aromatic N) is 4. The molecule has 1 aliphatic heterocycles. The Balaban J connectivity index is 1.66. The van der Waals surface area contributed by atoms with Gasteiger partial charge in [0, 0.05) is 38.4 Å². The molecule has 2 amide bonds. The highest BCUT2D eigenvalue weighted by molar-refractivity contribution is 5.89. The van der Waals surface area contributed by atoms with Gasteiger partial charge < -0.3 is 10.1 Å². The Morgan fingerprint density at radius 3 is 2.74 bits per heavy atom. The second-order valence-corrected chi connectivity index (χ2v) is 6.65. The van der Waals surface area contributed by atoms with Crippen LogP contribution in [0.15, 0.2) is 24.4 Å². The minimum atomic E-state index is -0.238. The number of hydrogen-bond acceptors (Lipinski definition) is 5. The zero-order valence-corrected chi connectivity index (χ0v) is 16.2. The Labute approximate surface area is 159 Å². The van der Waals surface area contributed by atoms with Crippen LogP contribution in [0.3, 0.4) is 0 Å². The molecule has 1 saturated heterocycles. The lowest BCUT2D eigenvalue weighted by molar-refractivity contribution is 0.0159. The SMILES string of the molecule is CCc1nn(C)c(NC(=O)NC[C@@H](c2ccccn2)N2CCOCC2)c1C. The first-order valence-electron chi connectivity index (χ1n) is 9.40. The van der Waals surface area contributed by atoms with Crippen molar-refractivity contribution in [3.05, 3.63) is 41.3 Å². The van der Waals surface area contributed by atoms with Crippen LogP contribution >= 0.6 is 0 Å². The second-order valence-electron chi connectivity index (χ2n) is 6.65. The summed E-state index contributed by atoms with van der Waals surface area (Å²) in [5.74, 6) is 0.727. The number of carbonyl (C=O) groups excluding carboxylic acids is 1. The number of aromatic nitrogens is 3. The van der Waals surface area contributed by atoms with Gasteiger partial charge >= 0.3 is 6.03 Å². The summed E-state index contributed by atoms with van der Waals surface area (Å²) in [5, 5.41) is 10.4. The Kier molecular flexibility index (Phi) is 6.41. The van der Waals surface area contributed by atoms with Gasteiger partial charge in [0.05, 0.1) is 30.6 Å². The molecule has 1 atom stereocenters. The monoisotopic (exact) mass is 372 g/mol. The first-order valence-corrected chi connectivity index (χ1v) is 9.40. The van der Waals surface area contributed by atoms with Crippen molar-refractivity contribution in [1.29, 1.82) is 0 Å². The lowest BCUT2D eigenvalue weighted by Gasteiger charge is -2.34. The van der Waals surface area contributed by atoms with Crippen molar-refractivity contribution < 1.29 is 9.53 Å². The zero-order chi connectivity index (χ0) is 19.2. The fourth-order valence-corrected chi connectivity index (χ4v) is 3.42. The number of carbonyl (C=O) groups is 1. The van der Waals surface area contributed by atoms with Crippen molar-refractivity contribution in [1.82, 2.24) is 25.0 Å². The zero-order valence-electron chi connectivity index (χ0n) is 16.2. The van der Waals surface area contributed by atoms with Crippen molar-refractivity contribution in [3.63, 3.8) is 0 Å². The van der Waals surface area contributed by atoms with E-state index in [-0.39, 0.29) is 12.1 Å². The molecule has 0 saturated carbocycles. The normalized spacial score (nSPS) is 16.1. The average molecular weight is 372 g/mol. The van der Waals surface area contributed by atoms with Crippen molar-refractivity contribution >= 4 is 11.8 Å². The molecular weight excluding hydrogens is 344 g/mol. The maximum atomic E-state index is 12.5. The minimum Gasteiger partial charge on any atom is -0.379 e. The van der Waals surface area contributed by atoms with Crippen LogP contribution in [0.1, 0.15) is 29.9 Å². The molecular formula is C19H28N6O2. The van der Waals surface area contributed by atoms with Crippen molar-refractivity contribution in [3.8, 4) is 0 Å². The van der Waals surface area contributed by atoms with E-state index in [1.165, 1.54) is 0 Å². The number of rotatable bonds is 6. The molecule has 2 aromatic heterocycles. The Hall–Kier alpha value is -2.45. The van der Waals surface area contributed by atoms with E-state index in [0.717, 1.165) is 42.3 Å². The summed E-state index contributed by atoms with van der Waals surface area (Å²) >= 11 is 0. The lowest BCUT2D eigenvalue weighted by atomic mass is 10.1. The number of urea groups is 1. The van der Waals surface area contributed by atoms with Crippen LogP contribution in [0.25, 0.3) is 0 Å². The largest absolute Gasteiger partial charge is 0.379 e. The number of aryl methyl sites for hydroxylation is 2. The molecule has 3 heterocycles. The van der Waals surface area contributed by atoms with Crippen molar-refractivity contribution in [2.45, 2.75) is 26.3 Å². The van der Waals surface area contributed by atoms with Crippen LogP contribution in [0.5, 0.6) is 0 Å². The summed E-state index contributed by atoms with van der Waals surface area (Å²) in [5.41, 5.74) is 2.95. The molecule has 0 aliphatic carbocycles. The van der Waals surface area contributed by atoms with Crippen LogP contribution in [0.2, 0.25) is 0 Å². The van der Waals surface area contributed by atoms with Gasteiger partial charge in [-0.1, -0.05) is 13.0 Å². The summed E-state index contributed by atoms with van der Waals surface area (Å²) in [4.78, 5) is 19.3. The molecule has 27 heavy (non-hydrogen) atoms. The molecule has 1 fully saturated rings. The molecule has 1 aliphatic rings. The number of amides is 2. The van der Waals surface area contributed by atoms with Gasteiger partial charge in [-0.25, -0.2) is 4.79 Å². The standard InChI is InChI=1S/C19H28N6O2/c1-4-15-14(2)18(24(3)23-15)22-19(26)21-13-17(16-7-5-6-8-20-16)25-9-11-27-12-10-25/h5-8,17H,4,9-13H2,1-3H3,(H2,21,22,26)/t17-/m0/s1. The predicted octanol–water partition coefficient (Wildman–Crippen LogP) is 1.88. The van der Waals surface area contributed by atoms with Crippen LogP contribution in [-0.4, -0.2) is 58.5 Å². The molecule has 2 N–H and O–H groups in total. The van der Waals surface area contributed by atoms with Gasteiger partial charge in [0.2, 0.25) is 0 Å². The summed E-state index contributed by atoms with van der Waals surface area (Å²) < 4.78 is 7.17. The van der Waals surface area contributed by atoms with E-state index in [4.69, 9.17) is 4.74 Å². The van der Waals surface area contributed by atoms with Gasteiger partial charge in [0.15, 0.2) is 0 Å². The summed E-state index contributed by atoms with van der Waals surface area (Å²) in [6.45, 7) is 7.55. The van der Waals surface area contributed by atoms with Gasteiger partial charge in [0.1, 0.15) is 5.82 Å². The molecule has 2 aromatic rings. The minimum absolute atomic E-state index is 0.0136. The molecule has 146 valence electrons. The summed E-state index contributed by atoms with van der Waals surface area (Å²) in [7, 11) is 1.84. The van der Waals surface area contributed by atoms with Gasteiger partial charge in [0.25, 0.3) is 0 Å². The number of nitrogens with one attached hydrogen (secondary N) is 2. The van der Waals surface area contributed by atoms with Crippen LogP contribution in [-0.2, 0) is 18.2 Å². The molecule has 0 aromatic carbocycles. The third kappa shape index (κ3) is 4.64. The fraction of sp³-hybridized carbons (Fsp3) is 0.526. The third-order valence-corrected chi connectivity index (χ3v) is 4.92. The molecule has 3 rings (SSSR count). The molecule has 0 radical (unpaired) electrons. The molecule has 0 unspecified atom stereocenters.